The van der Waals surface area contributed by atoms with Crippen molar-refractivity contribution in [3.8, 4) is 0 Å². The standard InChI is InChI=1S/C66H122NO8P/c1-6-8-10-12-14-16-18-20-22-24-26-28-30-31-32-33-34-35-37-38-40-42-44-46-48-50-52-54-56-58-65(68)72-62-64(63-74-76(70,71)73-61-60-67(3,4)5)75-66(69)59-57-55-53-51-49-47-45-43-41-39-36-29-27-25-23-21-19-17-15-13-11-9-7-2/h18-21,24-27,36,39,64H,6-17,22-23,28-35,37-38,40-63H2,1-5H3/p+1/b20-18-,21-19-,26-24-,27-25-,39-36-. The summed E-state index contributed by atoms with van der Waals surface area (Å²) in [4.78, 5) is 35.8. The molecule has 0 aliphatic heterocycles. The maximum Gasteiger partial charge on any atom is 0.472 e. The van der Waals surface area contributed by atoms with E-state index in [1.54, 1.807) is 0 Å². The predicted octanol–water partition coefficient (Wildman–Crippen LogP) is 20.3. The molecular formula is C66H123NO8P+. The van der Waals surface area contributed by atoms with Crippen molar-refractivity contribution in [3.05, 3.63) is 60.8 Å². The minimum absolute atomic E-state index is 0.0294. The van der Waals surface area contributed by atoms with E-state index in [-0.39, 0.29) is 32.0 Å². The fraction of sp³-hybridized carbons (Fsp3) is 0.818. The van der Waals surface area contributed by atoms with Gasteiger partial charge in [0, 0.05) is 12.8 Å². The average Bonchev–Trinajstić information content (AvgIpc) is 3.38. The van der Waals surface area contributed by atoms with Gasteiger partial charge in [-0.25, -0.2) is 4.57 Å². The first-order valence-corrected chi connectivity index (χ1v) is 33.5. The van der Waals surface area contributed by atoms with Crippen LogP contribution in [0.15, 0.2) is 60.8 Å². The molecule has 444 valence electrons. The third-order valence-electron chi connectivity index (χ3n) is 14.0. The Bertz CT molecular complexity index is 1470. The Morgan fingerprint density at radius 2 is 0.711 bits per heavy atom. The van der Waals surface area contributed by atoms with Crippen LogP contribution in [-0.2, 0) is 32.7 Å². The number of unbranched alkanes of at least 4 members (excludes halogenated alkanes) is 35. The largest absolute Gasteiger partial charge is 0.472 e. The summed E-state index contributed by atoms with van der Waals surface area (Å²) in [7, 11) is 1.48. The molecule has 76 heavy (non-hydrogen) atoms. The first kappa shape index (κ1) is 73.7. The topological polar surface area (TPSA) is 108 Å². The number of phosphoric ester groups is 1. The molecule has 0 saturated carbocycles. The van der Waals surface area contributed by atoms with E-state index in [4.69, 9.17) is 18.5 Å². The predicted molar refractivity (Wildman–Crippen MR) is 326 cm³/mol. The van der Waals surface area contributed by atoms with Crippen molar-refractivity contribution in [1.29, 1.82) is 0 Å². The van der Waals surface area contributed by atoms with Crippen molar-refractivity contribution >= 4 is 19.8 Å². The Balaban J connectivity index is 4.09. The zero-order chi connectivity index (χ0) is 55.6. The molecule has 0 rings (SSSR count). The van der Waals surface area contributed by atoms with Gasteiger partial charge in [0.2, 0.25) is 0 Å². The highest BCUT2D eigenvalue weighted by atomic mass is 31.2. The Kier molecular flexibility index (Phi) is 55.7. The third-order valence-corrected chi connectivity index (χ3v) is 15.0. The number of esters is 2. The summed E-state index contributed by atoms with van der Waals surface area (Å²) in [5.74, 6) is -0.796. The molecule has 0 aromatic rings. The lowest BCUT2D eigenvalue weighted by molar-refractivity contribution is -0.870. The first-order valence-electron chi connectivity index (χ1n) is 32.0. The summed E-state index contributed by atoms with van der Waals surface area (Å²) in [5, 5.41) is 0. The molecule has 9 nitrogen and oxygen atoms in total. The van der Waals surface area contributed by atoms with Crippen molar-refractivity contribution < 1.29 is 42.1 Å². The Labute approximate surface area is 470 Å². The number of quaternary nitrogens is 1. The van der Waals surface area contributed by atoms with Gasteiger partial charge in [0.1, 0.15) is 19.8 Å². The first-order chi connectivity index (χ1) is 37.0. The maximum atomic E-state index is 12.8. The van der Waals surface area contributed by atoms with E-state index >= 15 is 0 Å². The maximum absolute atomic E-state index is 12.8. The van der Waals surface area contributed by atoms with Crippen LogP contribution in [0, 0.1) is 0 Å². The fourth-order valence-corrected chi connectivity index (χ4v) is 9.80. The van der Waals surface area contributed by atoms with Crippen molar-refractivity contribution in [2.24, 2.45) is 0 Å². The van der Waals surface area contributed by atoms with Crippen molar-refractivity contribution in [2.75, 3.05) is 47.5 Å². The number of phosphoric acid groups is 1. The van der Waals surface area contributed by atoms with Crippen LogP contribution in [0.5, 0.6) is 0 Å². The zero-order valence-corrected chi connectivity index (χ0v) is 51.4. The molecular weight excluding hydrogens is 966 g/mol. The Morgan fingerprint density at radius 1 is 0.408 bits per heavy atom. The van der Waals surface area contributed by atoms with Gasteiger partial charge in [-0.05, 0) is 83.5 Å². The molecule has 2 atom stereocenters. The van der Waals surface area contributed by atoms with Gasteiger partial charge in [0.15, 0.2) is 6.10 Å². The second-order valence-corrected chi connectivity index (χ2v) is 24.2. The molecule has 0 amide bonds. The quantitative estimate of drug-likeness (QED) is 0.0211. The summed E-state index contributed by atoms with van der Waals surface area (Å²) < 4.78 is 34.6. The highest BCUT2D eigenvalue weighted by Gasteiger charge is 2.27. The lowest BCUT2D eigenvalue weighted by atomic mass is 10.0. The molecule has 0 radical (unpaired) electrons. The average molecular weight is 1090 g/mol. The van der Waals surface area contributed by atoms with Gasteiger partial charge in [0.25, 0.3) is 0 Å². The van der Waals surface area contributed by atoms with Gasteiger partial charge in [-0.3, -0.25) is 18.6 Å². The molecule has 0 aliphatic carbocycles. The normalized spacial score (nSPS) is 13.6. The Morgan fingerprint density at radius 3 is 1.05 bits per heavy atom. The van der Waals surface area contributed by atoms with E-state index in [1.807, 2.05) is 21.1 Å². The highest BCUT2D eigenvalue weighted by Crippen LogP contribution is 2.43. The van der Waals surface area contributed by atoms with Gasteiger partial charge in [-0.1, -0.05) is 261 Å². The number of nitrogens with zero attached hydrogens (tertiary/aromatic N) is 1. The molecule has 0 aliphatic rings. The fourth-order valence-electron chi connectivity index (χ4n) is 9.05. The van der Waals surface area contributed by atoms with E-state index in [0.29, 0.717) is 17.4 Å². The summed E-state index contributed by atoms with van der Waals surface area (Å²) in [6.45, 7) is 4.44. The van der Waals surface area contributed by atoms with E-state index in [0.717, 1.165) is 64.2 Å². The van der Waals surface area contributed by atoms with Crippen LogP contribution >= 0.6 is 7.82 Å². The van der Waals surface area contributed by atoms with E-state index in [2.05, 4.69) is 74.6 Å². The molecule has 2 unspecified atom stereocenters. The number of hydrogen-bond donors (Lipinski definition) is 1. The third kappa shape index (κ3) is 60.9. The van der Waals surface area contributed by atoms with Gasteiger partial charge < -0.3 is 18.9 Å². The monoisotopic (exact) mass is 1090 g/mol. The van der Waals surface area contributed by atoms with Crippen molar-refractivity contribution in [2.45, 2.75) is 302 Å². The molecule has 0 saturated heterocycles. The highest BCUT2D eigenvalue weighted by molar-refractivity contribution is 7.47. The Hall–Kier alpha value is -2.29. The number of allylic oxidation sites excluding steroid dienone is 10. The van der Waals surface area contributed by atoms with E-state index < -0.39 is 26.5 Å². The van der Waals surface area contributed by atoms with Crippen LogP contribution in [-0.4, -0.2) is 74.9 Å². The second-order valence-electron chi connectivity index (χ2n) is 22.8. The smallest absolute Gasteiger partial charge is 0.462 e. The summed E-state index contributed by atoms with van der Waals surface area (Å²) in [6, 6.07) is 0. The van der Waals surface area contributed by atoms with Crippen LogP contribution in [0.4, 0.5) is 0 Å². The second kappa shape index (κ2) is 57.4. The van der Waals surface area contributed by atoms with Gasteiger partial charge in [-0.15, -0.1) is 0 Å². The molecule has 0 fully saturated rings. The molecule has 1 N–H and O–H groups in total. The minimum atomic E-state index is -4.39. The molecule has 0 heterocycles. The van der Waals surface area contributed by atoms with Crippen LogP contribution in [0.2, 0.25) is 0 Å². The number of ether oxygens (including phenoxy) is 2. The lowest BCUT2D eigenvalue weighted by Gasteiger charge is -2.24. The number of hydrogen-bond acceptors (Lipinski definition) is 7. The summed E-state index contributed by atoms with van der Waals surface area (Å²) in [6.07, 6.45) is 74.4. The van der Waals surface area contributed by atoms with E-state index in [9.17, 15) is 19.0 Å². The molecule has 10 heteroatoms. The summed E-state index contributed by atoms with van der Waals surface area (Å²) >= 11 is 0. The zero-order valence-electron chi connectivity index (χ0n) is 50.5. The molecule has 0 aromatic carbocycles. The SMILES string of the molecule is CCCCCCC/C=C\C/C=C\C/C=C\CCCCCCCCCCC(=O)OC(COC(=O)CCCCCCCCCCCCCCCCCCC/C=C\C/C=C\CCCCCCC)COP(=O)(O)OCC[N+](C)(C)C. The number of carbonyl (C=O) groups excluding carboxylic acids is 2. The molecule has 0 aromatic heterocycles. The van der Waals surface area contributed by atoms with Crippen LogP contribution in [0.25, 0.3) is 0 Å². The van der Waals surface area contributed by atoms with Crippen LogP contribution in [0.3, 0.4) is 0 Å². The van der Waals surface area contributed by atoms with Crippen LogP contribution < -0.4 is 0 Å². The summed E-state index contributed by atoms with van der Waals surface area (Å²) in [5.41, 5.74) is 0. The van der Waals surface area contributed by atoms with Crippen molar-refractivity contribution in [3.63, 3.8) is 0 Å². The van der Waals surface area contributed by atoms with Gasteiger partial charge in [-0.2, -0.15) is 0 Å². The minimum Gasteiger partial charge on any atom is -0.462 e. The van der Waals surface area contributed by atoms with Gasteiger partial charge in [0.05, 0.1) is 27.7 Å². The van der Waals surface area contributed by atoms with Gasteiger partial charge >= 0.3 is 19.8 Å². The molecule has 0 spiro atoms. The van der Waals surface area contributed by atoms with Crippen LogP contribution in [0.1, 0.15) is 296 Å². The lowest BCUT2D eigenvalue weighted by Crippen LogP contribution is -2.37. The van der Waals surface area contributed by atoms with E-state index in [1.165, 1.54) is 199 Å². The number of likely N-dealkylation sites (N-methyl/N-ethyl adjacent to an activating group) is 1. The van der Waals surface area contributed by atoms with Crippen molar-refractivity contribution in [1.82, 2.24) is 0 Å². The number of carbonyl (C=O) groups is 2. The number of rotatable bonds is 59. The molecule has 0 bridgehead atoms.